The third kappa shape index (κ3) is 7.68. The number of anilines is 1. The lowest BCUT2D eigenvalue weighted by atomic mass is 10.1. The van der Waals surface area contributed by atoms with Crippen LogP contribution in [0.25, 0.3) is 0 Å². The van der Waals surface area contributed by atoms with Gasteiger partial charge in [-0.3, -0.25) is 4.99 Å². The number of nitrogens with zero attached hydrogens (tertiary/aromatic N) is 3. The van der Waals surface area contributed by atoms with Gasteiger partial charge in [0.15, 0.2) is 5.96 Å². The molecule has 0 saturated carbocycles. The van der Waals surface area contributed by atoms with Crippen molar-refractivity contribution in [1.82, 2.24) is 10.2 Å². The number of hydrogen-bond acceptors (Lipinski definition) is 4. The molecule has 0 amide bonds. The van der Waals surface area contributed by atoms with E-state index < -0.39 is 0 Å². The molecule has 0 atom stereocenters. The molecule has 158 valence electrons. The highest BCUT2D eigenvalue weighted by molar-refractivity contribution is 5.79. The van der Waals surface area contributed by atoms with E-state index in [4.69, 9.17) is 9.47 Å². The van der Waals surface area contributed by atoms with Crippen LogP contribution in [0.3, 0.4) is 0 Å². The topological polar surface area (TPSA) is 49.3 Å². The van der Waals surface area contributed by atoms with Crippen molar-refractivity contribution >= 4 is 11.6 Å². The quantitative estimate of drug-likeness (QED) is 0.378. The molecular weight excluding hydrogens is 352 g/mol. The lowest BCUT2D eigenvalue weighted by Crippen LogP contribution is -2.47. The summed E-state index contributed by atoms with van der Waals surface area (Å²) < 4.78 is 11.0. The van der Waals surface area contributed by atoms with Crippen molar-refractivity contribution < 1.29 is 9.47 Å². The Morgan fingerprint density at radius 3 is 2.46 bits per heavy atom. The van der Waals surface area contributed by atoms with Gasteiger partial charge >= 0.3 is 0 Å². The SMILES string of the molecule is CN=C(NCCCc1ccc(N(C)C)cc1)N1CCC(OCCCOC)CC1. The van der Waals surface area contributed by atoms with E-state index in [0.717, 1.165) is 70.9 Å². The molecule has 0 unspecified atom stereocenters. The van der Waals surface area contributed by atoms with Gasteiger partial charge in [-0.2, -0.15) is 0 Å². The smallest absolute Gasteiger partial charge is 0.193 e. The Balaban J connectivity index is 1.63. The summed E-state index contributed by atoms with van der Waals surface area (Å²) in [6.07, 6.45) is 5.64. The minimum absolute atomic E-state index is 0.372. The molecule has 0 aliphatic carbocycles. The van der Waals surface area contributed by atoms with E-state index in [-0.39, 0.29) is 0 Å². The van der Waals surface area contributed by atoms with Crippen LogP contribution in [0.1, 0.15) is 31.2 Å². The molecule has 1 N–H and O–H groups in total. The van der Waals surface area contributed by atoms with E-state index in [0.29, 0.717) is 6.10 Å². The third-order valence-corrected chi connectivity index (χ3v) is 5.18. The van der Waals surface area contributed by atoms with Gasteiger partial charge in [-0.1, -0.05) is 12.1 Å². The predicted octanol–water partition coefficient (Wildman–Crippen LogP) is 2.78. The fourth-order valence-electron chi connectivity index (χ4n) is 3.47. The van der Waals surface area contributed by atoms with Gasteiger partial charge in [0.25, 0.3) is 0 Å². The van der Waals surface area contributed by atoms with Crippen LogP contribution in [-0.2, 0) is 15.9 Å². The summed E-state index contributed by atoms with van der Waals surface area (Å²) in [5.41, 5.74) is 2.63. The van der Waals surface area contributed by atoms with Gasteiger partial charge in [0.05, 0.1) is 6.10 Å². The largest absolute Gasteiger partial charge is 0.385 e. The number of aryl methyl sites for hydroxylation is 1. The van der Waals surface area contributed by atoms with Gasteiger partial charge < -0.3 is 24.6 Å². The van der Waals surface area contributed by atoms with Crippen molar-refractivity contribution in [2.24, 2.45) is 4.99 Å². The standard InChI is InChI=1S/C22H38N4O2/c1-23-22(26-15-12-21(13-16-26)28-18-6-17-27-4)24-14-5-7-19-8-10-20(11-9-19)25(2)3/h8-11,21H,5-7,12-18H2,1-4H3,(H,23,24). The van der Waals surface area contributed by atoms with E-state index in [1.165, 1.54) is 11.3 Å². The van der Waals surface area contributed by atoms with Gasteiger partial charge in [-0.15, -0.1) is 0 Å². The molecule has 28 heavy (non-hydrogen) atoms. The summed E-state index contributed by atoms with van der Waals surface area (Å²) in [5, 5.41) is 3.52. The molecule has 1 saturated heterocycles. The van der Waals surface area contributed by atoms with Crippen LogP contribution in [0.15, 0.2) is 29.3 Å². The van der Waals surface area contributed by atoms with Crippen LogP contribution in [0.4, 0.5) is 5.69 Å². The minimum atomic E-state index is 0.372. The molecule has 0 bridgehead atoms. The summed E-state index contributed by atoms with van der Waals surface area (Å²) in [7, 11) is 7.75. The Morgan fingerprint density at radius 2 is 1.86 bits per heavy atom. The number of likely N-dealkylation sites (tertiary alicyclic amines) is 1. The highest BCUT2D eigenvalue weighted by Gasteiger charge is 2.21. The highest BCUT2D eigenvalue weighted by Crippen LogP contribution is 2.15. The van der Waals surface area contributed by atoms with E-state index in [1.807, 2.05) is 7.05 Å². The lowest BCUT2D eigenvalue weighted by Gasteiger charge is -2.34. The van der Waals surface area contributed by atoms with Crippen LogP contribution < -0.4 is 10.2 Å². The Labute approximate surface area is 170 Å². The van der Waals surface area contributed by atoms with E-state index in [1.54, 1.807) is 7.11 Å². The second-order valence-corrected chi connectivity index (χ2v) is 7.54. The lowest BCUT2D eigenvalue weighted by molar-refractivity contribution is 0.00991. The van der Waals surface area contributed by atoms with Crippen LogP contribution in [0.5, 0.6) is 0 Å². The molecule has 0 aromatic heterocycles. The van der Waals surface area contributed by atoms with Crippen molar-refractivity contribution in [1.29, 1.82) is 0 Å². The van der Waals surface area contributed by atoms with Gasteiger partial charge in [-0.05, 0) is 49.8 Å². The maximum atomic E-state index is 5.95. The first-order valence-electron chi connectivity index (χ1n) is 10.5. The van der Waals surface area contributed by atoms with Crippen LogP contribution in [0, 0.1) is 0 Å². The second kappa shape index (κ2) is 12.6. The fraction of sp³-hybridized carbons (Fsp3) is 0.682. The molecule has 0 radical (unpaired) electrons. The number of benzene rings is 1. The number of hydrogen-bond donors (Lipinski definition) is 1. The molecule has 0 spiro atoms. The fourth-order valence-corrected chi connectivity index (χ4v) is 3.47. The normalized spacial score (nSPS) is 15.7. The number of piperidine rings is 1. The van der Waals surface area contributed by atoms with Crippen LogP contribution in [0.2, 0.25) is 0 Å². The molecule has 6 nitrogen and oxygen atoms in total. The maximum absolute atomic E-state index is 5.95. The molecule has 1 aliphatic heterocycles. The van der Waals surface area contributed by atoms with Gasteiger partial charge in [0.2, 0.25) is 0 Å². The predicted molar refractivity (Wildman–Crippen MR) is 117 cm³/mol. The first kappa shape index (κ1) is 22.5. The van der Waals surface area contributed by atoms with Crippen molar-refractivity contribution in [2.45, 2.75) is 38.2 Å². The van der Waals surface area contributed by atoms with Crippen molar-refractivity contribution in [3.05, 3.63) is 29.8 Å². The molecule has 2 rings (SSSR count). The molecule has 1 heterocycles. The van der Waals surface area contributed by atoms with E-state index >= 15 is 0 Å². The Hall–Kier alpha value is -1.79. The number of aliphatic imine (C=N–C) groups is 1. The number of ether oxygens (including phenoxy) is 2. The van der Waals surface area contributed by atoms with Crippen molar-refractivity contribution in [2.75, 3.05) is 66.0 Å². The zero-order chi connectivity index (χ0) is 20.2. The summed E-state index contributed by atoms with van der Waals surface area (Å²) in [5.74, 6) is 1.01. The highest BCUT2D eigenvalue weighted by atomic mass is 16.5. The third-order valence-electron chi connectivity index (χ3n) is 5.18. The average molecular weight is 391 g/mol. The Morgan fingerprint density at radius 1 is 1.14 bits per heavy atom. The first-order valence-corrected chi connectivity index (χ1v) is 10.5. The van der Waals surface area contributed by atoms with Gasteiger partial charge in [0, 0.05) is 66.8 Å². The number of nitrogens with one attached hydrogen (secondary N) is 1. The summed E-state index contributed by atoms with van der Waals surface area (Å²) in [6, 6.07) is 8.81. The molecule has 1 aromatic carbocycles. The van der Waals surface area contributed by atoms with Gasteiger partial charge in [-0.25, -0.2) is 0 Å². The molecular formula is C22H38N4O2. The number of guanidine groups is 1. The average Bonchev–Trinajstić information content (AvgIpc) is 2.72. The molecule has 1 aliphatic rings. The van der Waals surface area contributed by atoms with Crippen LogP contribution >= 0.6 is 0 Å². The summed E-state index contributed by atoms with van der Waals surface area (Å²) in [6.45, 7) is 4.51. The van der Waals surface area contributed by atoms with E-state index in [9.17, 15) is 0 Å². The molecule has 1 aromatic rings. The summed E-state index contributed by atoms with van der Waals surface area (Å²) >= 11 is 0. The van der Waals surface area contributed by atoms with Crippen molar-refractivity contribution in [3.8, 4) is 0 Å². The second-order valence-electron chi connectivity index (χ2n) is 7.54. The Kier molecular flexibility index (Phi) is 10.1. The molecule has 6 heteroatoms. The monoisotopic (exact) mass is 390 g/mol. The zero-order valence-electron chi connectivity index (χ0n) is 18.1. The minimum Gasteiger partial charge on any atom is -0.385 e. The molecule has 1 fully saturated rings. The zero-order valence-corrected chi connectivity index (χ0v) is 18.1. The number of methoxy groups -OCH3 is 1. The number of rotatable bonds is 10. The van der Waals surface area contributed by atoms with Crippen LogP contribution in [-0.4, -0.2) is 78.1 Å². The Bertz CT molecular complexity index is 566. The maximum Gasteiger partial charge on any atom is 0.193 e. The summed E-state index contributed by atoms with van der Waals surface area (Å²) in [4.78, 5) is 8.94. The van der Waals surface area contributed by atoms with Gasteiger partial charge in [0.1, 0.15) is 0 Å². The van der Waals surface area contributed by atoms with Crippen molar-refractivity contribution in [3.63, 3.8) is 0 Å². The first-order chi connectivity index (χ1) is 13.6. The van der Waals surface area contributed by atoms with E-state index in [2.05, 4.69) is 58.5 Å².